The summed E-state index contributed by atoms with van der Waals surface area (Å²) in [4.78, 5) is 29.7. The van der Waals surface area contributed by atoms with E-state index in [-0.39, 0.29) is 11.8 Å². The monoisotopic (exact) mass is 353 g/mol. The molecule has 4 aliphatic rings. The highest BCUT2D eigenvalue weighted by atomic mass is 16.2. The zero-order valence-electron chi connectivity index (χ0n) is 15.1. The van der Waals surface area contributed by atoms with Gasteiger partial charge in [0.25, 0.3) is 11.8 Å². The van der Waals surface area contributed by atoms with E-state index < -0.39 is 0 Å². The van der Waals surface area contributed by atoms with Gasteiger partial charge < -0.3 is 10.6 Å². The Morgan fingerprint density at radius 3 is 1.38 bits per heavy atom. The molecule has 0 atom stereocenters. The van der Waals surface area contributed by atoms with Crippen molar-refractivity contribution in [3.8, 4) is 0 Å². The fraction of sp³-hybridized carbons (Fsp3) is 0.667. The number of rotatable bonds is 8. The number of aromatic nitrogens is 1. The summed E-state index contributed by atoms with van der Waals surface area (Å²) in [6, 6.07) is 5.79. The van der Waals surface area contributed by atoms with Crippen LogP contribution in [0.2, 0.25) is 0 Å². The first-order valence-corrected chi connectivity index (χ1v) is 10.3. The van der Waals surface area contributed by atoms with Gasteiger partial charge in [0.05, 0.1) is 0 Å². The van der Waals surface area contributed by atoms with Gasteiger partial charge in [-0.05, 0) is 87.2 Å². The predicted molar refractivity (Wildman–Crippen MR) is 97.6 cm³/mol. The largest absolute Gasteiger partial charge is 0.347 e. The molecule has 0 aromatic carbocycles. The van der Waals surface area contributed by atoms with Crippen LogP contribution in [0.15, 0.2) is 18.2 Å². The van der Waals surface area contributed by atoms with Crippen LogP contribution in [0.5, 0.6) is 0 Å². The summed E-state index contributed by atoms with van der Waals surface area (Å²) in [6.45, 7) is 0. The lowest BCUT2D eigenvalue weighted by atomic mass is 10.1. The first-order chi connectivity index (χ1) is 12.7. The van der Waals surface area contributed by atoms with Gasteiger partial charge in [-0.15, -0.1) is 0 Å². The second-order valence-electron chi connectivity index (χ2n) is 8.76. The normalized spacial score (nSPS) is 22.5. The third-order valence-corrected chi connectivity index (χ3v) is 6.33. The molecule has 0 spiro atoms. The maximum absolute atomic E-state index is 12.6. The molecule has 5 heteroatoms. The molecule has 4 saturated carbocycles. The minimum Gasteiger partial charge on any atom is -0.347 e. The average molecular weight is 353 g/mol. The summed E-state index contributed by atoms with van der Waals surface area (Å²) in [7, 11) is 0. The Bertz CT molecular complexity index is 636. The van der Waals surface area contributed by atoms with Crippen LogP contribution in [-0.4, -0.2) is 28.9 Å². The standard InChI is InChI=1S/C21H27N3O2/c25-20(23-18(12-4-5-12)13-6-7-13)16-2-1-3-17(22-16)21(26)24-19(14-8-9-14)15-10-11-15/h1-3,12-15,18-19H,4-11H2,(H,23,25)(H,24,26). The van der Waals surface area contributed by atoms with E-state index in [9.17, 15) is 9.59 Å². The van der Waals surface area contributed by atoms with Crippen LogP contribution in [0.25, 0.3) is 0 Å². The molecule has 5 nitrogen and oxygen atoms in total. The van der Waals surface area contributed by atoms with Gasteiger partial charge in [0, 0.05) is 12.1 Å². The Balaban J connectivity index is 1.25. The summed E-state index contributed by atoms with van der Waals surface area (Å²) in [6.07, 6.45) is 9.79. The highest BCUT2D eigenvalue weighted by molar-refractivity contribution is 5.96. The van der Waals surface area contributed by atoms with Gasteiger partial charge in [0.1, 0.15) is 11.4 Å². The van der Waals surface area contributed by atoms with E-state index in [4.69, 9.17) is 0 Å². The zero-order chi connectivity index (χ0) is 17.7. The molecule has 26 heavy (non-hydrogen) atoms. The molecule has 5 rings (SSSR count). The SMILES string of the molecule is O=C(NC(C1CC1)C1CC1)c1cccc(C(=O)NC(C2CC2)C2CC2)n1. The van der Waals surface area contributed by atoms with Crippen LogP contribution in [0.1, 0.15) is 72.3 Å². The Morgan fingerprint density at radius 1 is 0.731 bits per heavy atom. The number of hydrogen-bond donors (Lipinski definition) is 2. The van der Waals surface area contributed by atoms with Crippen LogP contribution >= 0.6 is 0 Å². The van der Waals surface area contributed by atoms with E-state index >= 15 is 0 Å². The van der Waals surface area contributed by atoms with Crippen molar-refractivity contribution in [2.45, 2.75) is 63.5 Å². The predicted octanol–water partition coefficient (Wildman–Crippen LogP) is 2.92. The number of carbonyl (C=O) groups is 2. The molecule has 4 fully saturated rings. The lowest BCUT2D eigenvalue weighted by Gasteiger charge is -2.18. The molecule has 4 aliphatic carbocycles. The Labute approximate surface area is 154 Å². The summed E-state index contributed by atoms with van der Waals surface area (Å²) < 4.78 is 0. The molecule has 2 amide bonds. The summed E-state index contributed by atoms with van der Waals surface area (Å²) in [5.41, 5.74) is 0.719. The highest BCUT2D eigenvalue weighted by Gasteiger charge is 2.43. The highest BCUT2D eigenvalue weighted by Crippen LogP contribution is 2.45. The van der Waals surface area contributed by atoms with E-state index in [1.165, 1.54) is 51.4 Å². The van der Waals surface area contributed by atoms with Crippen LogP contribution in [0.3, 0.4) is 0 Å². The van der Waals surface area contributed by atoms with Crippen molar-refractivity contribution in [2.75, 3.05) is 0 Å². The molecular formula is C21H27N3O2. The number of nitrogens with one attached hydrogen (secondary N) is 2. The van der Waals surface area contributed by atoms with E-state index in [1.807, 2.05) is 0 Å². The average Bonchev–Trinajstić information content (AvgIpc) is 3.52. The molecule has 0 saturated heterocycles. The van der Waals surface area contributed by atoms with Crippen molar-refractivity contribution in [2.24, 2.45) is 23.7 Å². The van der Waals surface area contributed by atoms with Crippen molar-refractivity contribution in [3.05, 3.63) is 29.6 Å². The first kappa shape index (κ1) is 16.3. The third-order valence-electron chi connectivity index (χ3n) is 6.33. The molecular weight excluding hydrogens is 326 g/mol. The van der Waals surface area contributed by atoms with Gasteiger partial charge in [-0.1, -0.05) is 6.07 Å². The number of amides is 2. The number of pyridine rings is 1. The van der Waals surface area contributed by atoms with Gasteiger partial charge in [-0.25, -0.2) is 4.98 Å². The fourth-order valence-electron chi connectivity index (χ4n) is 4.20. The summed E-state index contributed by atoms with van der Waals surface area (Å²) in [5.74, 6) is 2.33. The lowest BCUT2D eigenvalue weighted by Crippen LogP contribution is -2.40. The lowest BCUT2D eigenvalue weighted by molar-refractivity contribution is 0.0916. The second-order valence-corrected chi connectivity index (χ2v) is 8.76. The number of hydrogen-bond acceptors (Lipinski definition) is 3. The maximum Gasteiger partial charge on any atom is 0.270 e. The zero-order valence-corrected chi connectivity index (χ0v) is 15.1. The smallest absolute Gasteiger partial charge is 0.270 e. The molecule has 1 aromatic rings. The van der Waals surface area contributed by atoms with Crippen LogP contribution in [0, 0.1) is 23.7 Å². The molecule has 0 unspecified atom stereocenters. The van der Waals surface area contributed by atoms with E-state index in [0.29, 0.717) is 47.1 Å². The van der Waals surface area contributed by atoms with Crippen LogP contribution in [0.4, 0.5) is 0 Å². The Morgan fingerprint density at radius 2 is 1.08 bits per heavy atom. The Kier molecular flexibility index (Phi) is 3.98. The van der Waals surface area contributed by atoms with Crippen LogP contribution < -0.4 is 10.6 Å². The molecule has 1 heterocycles. The quantitative estimate of drug-likeness (QED) is 0.755. The molecule has 0 radical (unpaired) electrons. The van der Waals surface area contributed by atoms with Crippen molar-refractivity contribution < 1.29 is 9.59 Å². The summed E-state index contributed by atoms with van der Waals surface area (Å²) in [5, 5.41) is 6.37. The molecule has 0 aliphatic heterocycles. The van der Waals surface area contributed by atoms with Crippen molar-refractivity contribution in [1.29, 1.82) is 0 Å². The van der Waals surface area contributed by atoms with Gasteiger partial charge in [-0.2, -0.15) is 0 Å². The summed E-state index contributed by atoms with van der Waals surface area (Å²) >= 11 is 0. The Hall–Kier alpha value is -1.91. The van der Waals surface area contributed by atoms with Gasteiger partial charge in [-0.3, -0.25) is 9.59 Å². The van der Waals surface area contributed by atoms with Crippen molar-refractivity contribution in [1.82, 2.24) is 15.6 Å². The van der Waals surface area contributed by atoms with Gasteiger partial charge >= 0.3 is 0 Å². The minimum absolute atomic E-state index is 0.135. The van der Waals surface area contributed by atoms with Crippen molar-refractivity contribution in [3.63, 3.8) is 0 Å². The van der Waals surface area contributed by atoms with E-state index in [0.717, 1.165) is 0 Å². The number of nitrogens with zero attached hydrogens (tertiary/aromatic N) is 1. The number of carbonyl (C=O) groups excluding carboxylic acids is 2. The topological polar surface area (TPSA) is 71.1 Å². The molecule has 0 bridgehead atoms. The van der Waals surface area contributed by atoms with E-state index in [1.54, 1.807) is 18.2 Å². The maximum atomic E-state index is 12.6. The fourth-order valence-corrected chi connectivity index (χ4v) is 4.20. The molecule has 138 valence electrons. The van der Waals surface area contributed by atoms with Crippen LogP contribution in [-0.2, 0) is 0 Å². The third kappa shape index (κ3) is 3.62. The van der Waals surface area contributed by atoms with Gasteiger partial charge in [0.2, 0.25) is 0 Å². The van der Waals surface area contributed by atoms with E-state index in [2.05, 4.69) is 15.6 Å². The van der Waals surface area contributed by atoms with Gasteiger partial charge in [0.15, 0.2) is 0 Å². The molecule has 2 N–H and O–H groups in total. The first-order valence-electron chi connectivity index (χ1n) is 10.3. The van der Waals surface area contributed by atoms with Crippen molar-refractivity contribution >= 4 is 11.8 Å². The second kappa shape index (κ2) is 6.36. The minimum atomic E-state index is -0.135. The molecule has 1 aromatic heterocycles.